The average molecular weight is 215 g/mol. The number of aliphatic hydroxyl groups is 1. The highest BCUT2D eigenvalue weighted by Gasteiger charge is 2.44. The monoisotopic (exact) mass is 215 g/mol. The Bertz CT molecular complexity index is 212. The van der Waals surface area contributed by atoms with Crippen molar-refractivity contribution in [2.45, 2.75) is 44.6 Å². The van der Waals surface area contributed by atoms with Crippen LogP contribution < -0.4 is 5.73 Å². The van der Waals surface area contributed by atoms with Crippen LogP contribution in [0.1, 0.15) is 39.0 Å². The lowest BCUT2D eigenvalue weighted by Gasteiger charge is -2.43. The predicted molar refractivity (Wildman–Crippen MR) is 57.2 cm³/mol. The SMILES string of the molecule is CCCCOC(=O)C1CC(N)(CCO)C1. The van der Waals surface area contributed by atoms with Crippen molar-refractivity contribution in [2.24, 2.45) is 11.7 Å². The summed E-state index contributed by atoms with van der Waals surface area (Å²) in [5.74, 6) is -0.166. The van der Waals surface area contributed by atoms with Crippen molar-refractivity contribution in [1.82, 2.24) is 0 Å². The molecule has 0 unspecified atom stereocenters. The maximum absolute atomic E-state index is 11.5. The minimum atomic E-state index is -0.330. The van der Waals surface area contributed by atoms with Gasteiger partial charge in [0, 0.05) is 12.1 Å². The summed E-state index contributed by atoms with van der Waals surface area (Å²) in [5.41, 5.74) is 5.60. The van der Waals surface area contributed by atoms with E-state index in [2.05, 4.69) is 6.92 Å². The number of ether oxygens (including phenoxy) is 1. The average Bonchev–Trinajstić information content (AvgIpc) is 2.14. The van der Waals surface area contributed by atoms with Crippen molar-refractivity contribution in [1.29, 1.82) is 0 Å². The molecule has 1 aliphatic carbocycles. The van der Waals surface area contributed by atoms with Gasteiger partial charge < -0.3 is 15.6 Å². The Kier molecular flexibility index (Phi) is 4.54. The van der Waals surface area contributed by atoms with Crippen LogP contribution in [0.4, 0.5) is 0 Å². The number of nitrogens with two attached hydrogens (primary N) is 1. The summed E-state index contributed by atoms with van der Waals surface area (Å²) in [4.78, 5) is 11.5. The van der Waals surface area contributed by atoms with Crippen molar-refractivity contribution in [2.75, 3.05) is 13.2 Å². The van der Waals surface area contributed by atoms with E-state index in [1.807, 2.05) is 0 Å². The Morgan fingerprint density at radius 1 is 1.60 bits per heavy atom. The summed E-state index contributed by atoms with van der Waals surface area (Å²) in [6.45, 7) is 2.67. The quantitative estimate of drug-likeness (QED) is 0.508. The molecule has 0 atom stereocenters. The zero-order chi connectivity index (χ0) is 11.3. The first-order chi connectivity index (χ1) is 7.11. The highest BCUT2D eigenvalue weighted by Crippen LogP contribution is 2.38. The third kappa shape index (κ3) is 3.47. The molecule has 3 N–H and O–H groups in total. The summed E-state index contributed by atoms with van der Waals surface area (Å²) < 4.78 is 5.10. The highest BCUT2D eigenvalue weighted by atomic mass is 16.5. The first-order valence-electron chi connectivity index (χ1n) is 5.67. The molecular formula is C11H21NO3. The van der Waals surface area contributed by atoms with Gasteiger partial charge >= 0.3 is 5.97 Å². The molecule has 0 aliphatic heterocycles. The third-order valence-electron chi connectivity index (χ3n) is 2.99. The number of rotatable bonds is 6. The van der Waals surface area contributed by atoms with Gasteiger partial charge in [0.05, 0.1) is 12.5 Å². The van der Waals surface area contributed by atoms with Gasteiger partial charge in [0.1, 0.15) is 0 Å². The van der Waals surface area contributed by atoms with Crippen LogP contribution in [0.15, 0.2) is 0 Å². The minimum Gasteiger partial charge on any atom is -0.465 e. The van der Waals surface area contributed by atoms with Gasteiger partial charge in [0.2, 0.25) is 0 Å². The Morgan fingerprint density at radius 2 is 2.27 bits per heavy atom. The Balaban J connectivity index is 2.17. The third-order valence-corrected chi connectivity index (χ3v) is 2.99. The van der Waals surface area contributed by atoms with Gasteiger partial charge in [-0.25, -0.2) is 0 Å². The van der Waals surface area contributed by atoms with Crippen molar-refractivity contribution in [3.05, 3.63) is 0 Å². The summed E-state index contributed by atoms with van der Waals surface area (Å²) >= 11 is 0. The van der Waals surface area contributed by atoms with Crippen LogP contribution in [0.2, 0.25) is 0 Å². The van der Waals surface area contributed by atoms with Crippen LogP contribution in [-0.2, 0) is 9.53 Å². The number of aliphatic hydroxyl groups excluding tert-OH is 1. The van der Waals surface area contributed by atoms with Crippen LogP contribution in [0, 0.1) is 5.92 Å². The molecule has 0 radical (unpaired) electrons. The lowest BCUT2D eigenvalue weighted by Crippen LogP contribution is -2.54. The van der Waals surface area contributed by atoms with E-state index in [-0.39, 0.29) is 24.0 Å². The second-order valence-electron chi connectivity index (χ2n) is 4.46. The van der Waals surface area contributed by atoms with E-state index >= 15 is 0 Å². The van der Waals surface area contributed by atoms with E-state index in [9.17, 15) is 4.79 Å². The maximum atomic E-state index is 11.5. The van der Waals surface area contributed by atoms with Gasteiger partial charge in [0.15, 0.2) is 0 Å². The fourth-order valence-electron chi connectivity index (χ4n) is 1.95. The second kappa shape index (κ2) is 5.47. The molecule has 4 heteroatoms. The number of hydrogen-bond donors (Lipinski definition) is 2. The Morgan fingerprint density at radius 3 is 2.80 bits per heavy atom. The molecular weight excluding hydrogens is 194 g/mol. The van der Waals surface area contributed by atoms with Gasteiger partial charge in [-0.3, -0.25) is 4.79 Å². The first-order valence-corrected chi connectivity index (χ1v) is 5.67. The maximum Gasteiger partial charge on any atom is 0.309 e. The van der Waals surface area contributed by atoms with E-state index in [4.69, 9.17) is 15.6 Å². The summed E-state index contributed by atoms with van der Waals surface area (Å²) in [7, 11) is 0. The summed E-state index contributed by atoms with van der Waals surface area (Å²) in [5, 5.41) is 8.77. The number of hydrogen-bond acceptors (Lipinski definition) is 4. The molecule has 0 heterocycles. The van der Waals surface area contributed by atoms with Crippen molar-refractivity contribution in [3.63, 3.8) is 0 Å². The lowest BCUT2D eigenvalue weighted by molar-refractivity contribution is -0.154. The van der Waals surface area contributed by atoms with E-state index < -0.39 is 0 Å². The molecule has 0 spiro atoms. The van der Waals surface area contributed by atoms with Gasteiger partial charge in [-0.15, -0.1) is 0 Å². The molecule has 0 amide bonds. The predicted octanol–water partition coefficient (Wildman–Crippen LogP) is 0.820. The molecule has 0 aromatic rings. The second-order valence-corrected chi connectivity index (χ2v) is 4.46. The minimum absolute atomic E-state index is 0.0431. The topological polar surface area (TPSA) is 72.5 Å². The van der Waals surface area contributed by atoms with Crippen LogP contribution in [0.5, 0.6) is 0 Å². The van der Waals surface area contributed by atoms with Crippen molar-refractivity contribution >= 4 is 5.97 Å². The molecule has 0 aromatic carbocycles. The smallest absolute Gasteiger partial charge is 0.309 e. The lowest BCUT2D eigenvalue weighted by atomic mass is 9.67. The Hall–Kier alpha value is -0.610. The summed E-state index contributed by atoms with van der Waals surface area (Å²) in [6.07, 6.45) is 3.83. The first kappa shape index (κ1) is 12.5. The molecule has 0 aromatic heterocycles. The molecule has 15 heavy (non-hydrogen) atoms. The summed E-state index contributed by atoms with van der Waals surface area (Å²) in [6, 6.07) is 0. The molecule has 4 nitrogen and oxygen atoms in total. The fraction of sp³-hybridized carbons (Fsp3) is 0.909. The van der Waals surface area contributed by atoms with Crippen molar-refractivity contribution < 1.29 is 14.6 Å². The zero-order valence-corrected chi connectivity index (χ0v) is 9.37. The van der Waals surface area contributed by atoms with Crippen LogP contribution >= 0.6 is 0 Å². The van der Waals surface area contributed by atoms with Gasteiger partial charge in [-0.05, 0) is 25.7 Å². The fourth-order valence-corrected chi connectivity index (χ4v) is 1.95. The largest absolute Gasteiger partial charge is 0.465 e. The number of unbranched alkanes of at least 4 members (excludes halogenated alkanes) is 1. The molecule has 88 valence electrons. The molecule has 0 saturated heterocycles. The molecule has 1 aliphatic rings. The van der Waals surface area contributed by atoms with Crippen molar-refractivity contribution in [3.8, 4) is 0 Å². The normalized spacial score (nSPS) is 29.7. The molecule has 1 fully saturated rings. The van der Waals surface area contributed by atoms with E-state index in [0.717, 1.165) is 12.8 Å². The van der Waals surface area contributed by atoms with Crippen LogP contribution in [0.25, 0.3) is 0 Å². The number of carbonyl (C=O) groups excluding carboxylic acids is 1. The van der Waals surface area contributed by atoms with Gasteiger partial charge in [-0.1, -0.05) is 13.3 Å². The highest BCUT2D eigenvalue weighted by molar-refractivity contribution is 5.74. The number of esters is 1. The Labute approximate surface area is 90.8 Å². The van der Waals surface area contributed by atoms with Gasteiger partial charge in [0.25, 0.3) is 0 Å². The standard InChI is InChI=1S/C11H21NO3/c1-2-3-6-15-10(14)9-7-11(12,8-9)4-5-13/h9,13H,2-8,12H2,1H3. The molecule has 1 saturated carbocycles. The van der Waals surface area contributed by atoms with Gasteiger partial charge in [-0.2, -0.15) is 0 Å². The van der Waals surface area contributed by atoms with E-state index in [1.165, 1.54) is 0 Å². The van der Waals surface area contributed by atoms with Crippen LogP contribution in [-0.4, -0.2) is 29.8 Å². The zero-order valence-electron chi connectivity index (χ0n) is 9.37. The molecule has 0 bridgehead atoms. The van der Waals surface area contributed by atoms with E-state index in [1.54, 1.807) is 0 Å². The van der Waals surface area contributed by atoms with Crippen LogP contribution in [0.3, 0.4) is 0 Å². The molecule has 1 rings (SSSR count). The van der Waals surface area contributed by atoms with E-state index in [0.29, 0.717) is 25.9 Å². The number of carbonyl (C=O) groups is 1.